The van der Waals surface area contributed by atoms with Crippen LogP contribution < -0.4 is 10.5 Å². The van der Waals surface area contributed by atoms with Gasteiger partial charge >= 0.3 is 23.1 Å². The molecule has 4 nitrogen and oxygen atoms in total. The fourth-order valence-electron chi connectivity index (χ4n) is 0. The molecule has 0 aliphatic carbocycles. The van der Waals surface area contributed by atoms with Crippen LogP contribution in [0.15, 0.2) is 0 Å². The van der Waals surface area contributed by atoms with Gasteiger partial charge in [-0.2, -0.15) is 0 Å². The fraction of sp³-hybridized carbons (Fsp3) is 0. The van der Waals surface area contributed by atoms with Crippen LogP contribution in [0.1, 0.15) is 0 Å². The van der Waals surface area contributed by atoms with E-state index in [2.05, 4.69) is 0 Å². The Bertz CT molecular complexity index is 3.61. The average Bonchev–Trinajstić information content (AvgIpc) is 1.50. The summed E-state index contributed by atoms with van der Waals surface area (Å²) >= 11 is 0. The van der Waals surface area contributed by atoms with Gasteiger partial charge in [0.1, 0.15) is 0 Å². The van der Waals surface area contributed by atoms with Crippen LogP contribution in [0, 0.1) is 0 Å². The van der Waals surface area contributed by atoms with Crippen molar-refractivity contribution < 1.29 is 21.0 Å². The van der Waals surface area contributed by atoms with Crippen LogP contribution in [-0.2, 0) is 0 Å². The normalized spacial score (nSPS) is 2.40. The quantitative estimate of drug-likeness (QED) is 0.192. The molecule has 0 aromatic carbocycles. The molecular weight excluding hydrogens is 88.3 g/mol. The standard InChI is InChI=1S/Mg.H2O2.O2/c;2*1-2/h;1-2H;/q+2;;-2. The summed E-state index contributed by atoms with van der Waals surface area (Å²) in [6.07, 6.45) is 0. The summed E-state index contributed by atoms with van der Waals surface area (Å²) in [5.74, 6) is 0. The summed E-state index contributed by atoms with van der Waals surface area (Å²) in [5, 5.41) is 26.0. The molecule has 0 aromatic rings. The molecule has 0 aromatic heterocycles. The molecule has 0 aliphatic heterocycles. The van der Waals surface area contributed by atoms with Gasteiger partial charge in [0.25, 0.3) is 0 Å². The van der Waals surface area contributed by atoms with Crippen molar-refractivity contribution in [1.82, 2.24) is 0 Å². The van der Waals surface area contributed by atoms with E-state index in [1.807, 2.05) is 0 Å². The molecule has 28 valence electrons. The minimum atomic E-state index is 0. The third-order valence-corrected chi connectivity index (χ3v) is 0. The smallest absolute Gasteiger partial charge is 1.00 e. The van der Waals surface area contributed by atoms with Crippen LogP contribution in [0.3, 0.4) is 0 Å². The van der Waals surface area contributed by atoms with Gasteiger partial charge in [-0.05, 0) is 0 Å². The van der Waals surface area contributed by atoms with Gasteiger partial charge in [-0.25, -0.2) is 0 Å². The molecule has 0 radical (unpaired) electrons. The van der Waals surface area contributed by atoms with Crippen LogP contribution >= 0.6 is 0 Å². The first-order valence-electron chi connectivity index (χ1n) is 0.367. The van der Waals surface area contributed by atoms with E-state index < -0.39 is 0 Å². The first-order valence-corrected chi connectivity index (χ1v) is 0.367. The molecule has 0 spiro atoms. The summed E-state index contributed by atoms with van der Waals surface area (Å²) in [4.78, 5) is 0. The van der Waals surface area contributed by atoms with Crippen molar-refractivity contribution >= 4 is 23.1 Å². The van der Waals surface area contributed by atoms with E-state index in [1.165, 1.54) is 0 Å². The Morgan fingerprint density at radius 1 is 1.00 bits per heavy atom. The van der Waals surface area contributed by atoms with Gasteiger partial charge in [0.2, 0.25) is 0 Å². The van der Waals surface area contributed by atoms with Gasteiger partial charge in [0.05, 0.1) is 0 Å². The van der Waals surface area contributed by atoms with Crippen molar-refractivity contribution in [2.24, 2.45) is 0 Å². The van der Waals surface area contributed by atoms with E-state index in [0.717, 1.165) is 0 Å². The first kappa shape index (κ1) is 17.5. The second-order valence-electron chi connectivity index (χ2n) is 0. The predicted octanol–water partition coefficient (Wildman–Crippen LogP) is -2.74. The molecule has 0 bridgehead atoms. The SMILES string of the molecule is OO.[Mg+2].[O-][O-]. The molecule has 2 N–H and O–H groups in total. The Balaban J connectivity index is -0.0000000133. The Morgan fingerprint density at radius 2 is 1.00 bits per heavy atom. The maximum Gasteiger partial charge on any atom is 2.00 e. The molecule has 0 heterocycles. The minimum Gasteiger partial charge on any atom is -1.00 e. The third-order valence-electron chi connectivity index (χ3n) is 0. The first-order chi connectivity index (χ1) is 2.00. The van der Waals surface area contributed by atoms with Crippen molar-refractivity contribution in [2.75, 3.05) is 0 Å². The molecule has 0 unspecified atom stereocenters. The van der Waals surface area contributed by atoms with Crippen LogP contribution in [0.2, 0.25) is 0 Å². The molecule has 0 saturated heterocycles. The van der Waals surface area contributed by atoms with Crippen LogP contribution in [0.4, 0.5) is 0 Å². The van der Waals surface area contributed by atoms with E-state index in [4.69, 9.17) is 21.0 Å². The molecule has 0 atom stereocenters. The van der Waals surface area contributed by atoms with Crippen LogP contribution in [0.25, 0.3) is 0 Å². The summed E-state index contributed by atoms with van der Waals surface area (Å²) in [7, 11) is 0. The third kappa shape index (κ3) is 85.1. The van der Waals surface area contributed by atoms with Gasteiger partial charge in [-0.15, -0.1) is 0 Å². The van der Waals surface area contributed by atoms with Crippen molar-refractivity contribution in [2.45, 2.75) is 0 Å². The number of hydrogen-bond donors (Lipinski definition) is 2. The topological polar surface area (TPSA) is 86.6 Å². The van der Waals surface area contributed by atoms with Crippen molar-refractivity contribution in [1.29, 1.82) is 0 Å². The van der Waals surface area contributed by atoms with E-state index in [1.54, 1.807) is 0 Å². The van der Waals surface area contributed by atoms with E-state index in [0.29, 0.717) is 0 Å². The summed E-state index contributed by atoms with van der Waals surface area (Å²) in [5.41, 5.74) is 0. The maximum absolute atomic E-state index is 7.00. The van der Waals surface area contributed by atoms with Crippen LogP contribution in [0.5, 0.6) is 0 Å². The van der Waals surface area contributed by atoms with Crippen molar-refractivity contribution in [3.05, 3.63) is 0 Å². The van der Waals surface area contributed by atoms with Crippen LogP contribution in [-0.4, -0.2) is 33.6 Å². The Labute approximate surface area is 44.7 Å². The van der Waals surface area contributed by atoms with E-state index >= 15 is 0 Å². The van der Waals surface area contributed by atoms with Gasteiger partial charge < -0.3 is 10.5 Å². The molecule has 5 heteroatoms. The number of rotatable bonds is 0. The molecule has 0 amide bonds. The van der Waals surface area contributed by atoms with E-state index in [9.17, 15) is 0 Å². The Hall–Kier alpha value is 0.606. The van der Waals surface area contributed by atoms with Gasteiger partial charge in [-0.1, -0.05) is 0 Å². The molecule has 0 rings (SSSR count). The number of hydrogen-bond acceptors (Lipinski definition) is 4. The largest absolute Gasteiger partial charge is 2.00 e. The Kier molecular flexibility index (Phi) is 571. The summed E-state index contributed by atoms with van der Waals surface area (Å²) in [6, 6.07) is 0. The van der Waals surface area contributed by atoms with Crippen molar-refractivity contribution in [3.8, 4) is 0 Å². The summed E-state index contributed by atoms with van der Waals surface area (Å²) < 4.78 is 0. The second-order valence-corrected chi connectivity index (χ2v) is 0. The zero-order chi connectivity index (χ0) is 4.00. The Morgan fingerprint density at radius 3 is 1.00 bits per heavy atom. The van der Waals surface area contributed by atoms with Gasteiger partial charge in [0, 0.05) is 0 Å². The summed E-state index contributed by atoms with van der Waals surface area (Å²) in [6.45, 7) is 0. The molecular formula is H2MgO4. The average molecular weight is 90.3 g/mol. The van der Waals surface area contributed by atoms with Gasteiger partial charge in [-0.3, -0.25) is 10.5 Å². The predicted molar refractivity (Wildman–Crippen MR) is 11.0 cm³/mol. The second kappa shape index (κ2) is 163. The molecule has 5 heavy (non-hydrogen) atoms. The van der Waals surface area contributed by atoms with Gasteiger partial charge in [0.15, 0.2) is 0 Å². The molecule has 0 aliphatic rings. The zero-order valence-electron chi connectivity index (χ0n) is 2.42. The molecule has 0 fully saturated rings. The fourth-order valence-corrected chi connectivity index (χ4v) is 0. The monoisotopic (exact) mass is 90.0 g/mol. The maximum atomic E-state index is 7.00. The zero-order valence-corrected chi connectivity index (χ0v) is 3.83. The minimum absolute atomic E-state index is 0. The van der Waals surface area contributed by atoms with E-state index in [-0.39, 0.29) is 23.1 Å². The van der Waals surface area contributed by atoms with Crippen molar-refractivity contribution in [3.63, 3.8) is 0 Å². The molecule has 0 saturated carbocycles.